The molecule has 0 aliphatic heterocycles. The molecule has 0 saturated heterocycles. The summed E-state index contributed by atoms with van der Waals surface area (Å²) >= 11 is 0. The third-order valence-corrected chi connectivity index (χ3v) is 4.56. The number of para-hydroxylation sites is 1. The maximum absolute atomic E-state index is 12.5. The highest BCUT2D eigenvalue weighted by molar-refractivity contribution is 6.06. The van der Waals surface area contributed by atoms with Gasteiger partial charge in [-0.15, -0.1) is 0 Å². The van der Waals surface area contributed by atoms with E-state index in [9.17, 15) is 4.79 Å². The van der Waals surface area contributed by atoms with Crippen molar-refractivity contribution < 1.29 is 9.53 Å². The number of hydrogen-bond acceptors (Lipinski definition) is 2. The van der Waals surface area contributed by atoms with Gasteiger partial charge in [0.1, 0.15) is 5.75 Å². The fourth-order valence-corrected chi connectivity index (χ4v) is 3.35. The Kier molecular flexibility index (Phi) is 3.69. The van der Waals surface area contributed by atoms with Gasteiger partial charge in [-0.2, -0.15) is 0 Å². The summed E-state index contributed by atoms with van der Waals surface area (Å²) in [6.07, 6.45) is 1.60. The Morgan fingerprint density at radius 3 is 2.50 bits per heavy atom. The number of nitrogens with one attached hydrogen (secondary N) is 1. The lowest BCUT2D eigenvalue weighted by molar-refractivity contribution is -0.122. The highest BCUT2D eigenvalue weighted by Gasteiger charge is 2.19. The number of anilines is 1. The molecule has 0 fully saturated rings. The van der Waals surface area contributed by atoms with Gasteiger partial charge in [0.15, 0.2) is 6.10 Å². The third kappa shape index (κ3) is 2.62. The van der Waals surface area contributed by atoms with Crippen LogP contribution in [-0.4, -0.2) is 12.0 Å². The van der Waals surface area contributed by atoms with E-state index >= 15 is 0 Å². The van der Waals surface area contributed by atoms with Gasteiger partial charge in [-0.1, -0.05) is 42.5 Å². The predicted molar refractivity (Wildman–Crippen MR) is 96.5 cm³/mol. The minimum absolute atomic E-state index is 0.141. The number of amides is 1. The van der Waals surface area contributed by atoms with Crippen LogP contribution in [0.25, 0.3) is 10.8 Å². The maximum Gasteiger partial charge on any atom is 0.265 e. The summed E-state index contributed by atoms with van der Waals surface area (Å²) in [4.78, 5) is 12.5. The van der Waals surface area contributed by atoms with Crippen molar-refractivity contribution in [3.8, 4) is 5.75 Å². The third-order valence-electron chi connectivity index (χ3n) is 4.56. The molecule has 0 bridgehead atoms. The number of hydrogen-bond donors (Lipinski definition) is 1. The van der Waals surface area contributed by atoms with Crippen LogP contribution in [0.5, 0.6) is 5.75 Å². The molecule has 1 aliphatic carbocycles. The van der Waals surface area contributed by atoms with Gasteiger partial charge in [0.2, 0.25) is 0 Å². The second-order valence-electron chi connectivity index (χ2n) is 6.17. The molecule has 3 nitrogen and oxygen atoms in total. The molecule has 3 aromatic rings. The van der Waals surface area contributed by atoms with Crippen LogP contribution in [0.3, 0.4) is 0 Å². The van der Waals surface area contributed by atoms with E-state index in [0.29, 0.717) is 5.75 Å². The van der Waals surface area contributed by atoms with Gasteiger partial charge in [-0.3, -0.25) is 4.79 Å². The van der Waals surface area contributed by atoms with Gasteiger partial charge in [-0.05, 0) is 54.5 Å². The summed E-state index contributed by atoms with van der Waals surface area (Å²) in [6.45, 7) is 1.77. The molecule has 24 heavy (non-hydrogen) atoms. The standard InChI is InChI=1S/C21H19NO2/c1-14(24-17-7-3-2-4-8-17)21(23)22-19-13-12-16-11-10-15-6-5-9-18(19)20(15)16/h2-9,12-14H,10-11H2,1H3,(H,22,23). The van der Waals surface area contributed by atoms with Gasteiger partial charge in [0.25, 0.3) is 5.91 Å². The van der Waals surface area contributed by atoms with Crippen LogP contribution >= 0.6 is 0 Å². The van der Waals surface area contributed by atoms with E-state index in [1.165, 1.54) is 16.5 Å². The van der Waals surface area contributed by atoms with E-state index in [0.717, 1.165) is 23.9 Å². The fourth-order valence-electron chi connectivity index (χ4n) is 3.35. The number of rotatable bonds is 4. The Morgan fingerprint density at radius 2 is 1.71 bits per heavy atom. The molecule has 0 radical (unpaired) electrons. The van der Waals surface area contributed by atoms with E-state index in [4.69, 9.17) is 4.74 Å². The zero-order valence-electron chi connectivity index (χ0n) is 13.6. The van der Waals surface area contributed by atoms with Crippen LogP contribution in [0.15, 0.2) is 60.7 Å². The summed E-state index contributed by atoms with van der Waals surface area (Å²) in [5, 5.41) is 5.43. The van der Waals surface area contributed by atoms with Crippen molar-refractivity contribution in [2.45, 2.75) is 25.9 Å². The summed E-state index contributed by atoms with van der Waals surface area (Å²) in [7, 11) is 0. The van der Waals surface area contributed by atoms with Crippen molar-refractivity contribution >= 4 is 22.4 Å². The Morgan fingerprint density at radius 1 is 0.958 bits per heavy atom. The monoisotopic (exact) mass is 317 g/mol. The predicted octanol–water partition coefficient (Wildman–Crippen LogP) is 4.34. The summed E-state index contributed by atoms with van der Waals surface area (Å²) < 4.78 is 5.71. The van der Waals surface area contributed by atoms with Crippen molar-refractivity contribution in [3.63, 3.8) is 0 Å². The zero-order valence-corrected chi connectivity index (χ0v) is 13.6. The minimum Gasteiger partial charge on any atom is -0.481 e. The first-order chi connectivity index (χ1) is 11.7. The second-order valence-corrected chi connectivity index (χ2v) is 6.17. The van der Waals surface area contributed by atoms with Gasteiger partial charge in [-0.25, -0.2) is 0 Å². The molecule has 1 aliphatic rings. The van der Waals surface area contributed by atoms with E-state index in [-0.39, 0.29) is 5.91 Å². The van der Waals surface area contributed by atoms with E-state index in [2.05, 4.69) is 29.6 Å². The molecular formula is C21H19NO2. The number of aryl methyl sites for hydroxylation is 2. The molecule has 0 aromatic heterocycles. The number of benzene rings is 3. The summed E-state index contributed by atoms with van der Waals surface area (Å²) in [6, 6.07) is 19.8. The molecule has 0 spiro atoms. The average Bonchev–Trinajstić information content (AvgIpc) is 3.03. The van der Waals surface area contributed by atoms with Gasteiger partial charge in [0.05, 0.1) is 0 Å². The van der Waals surface area contributed by atoms with Crippen molar-refractivity contribution in [1.29, 1.82) is 0 Å². The number of ether oxygens (including phenoxy) is 1. The molecule has 1 unspecified atom stereocenters. The molecular weight excluding hydrogens is 298 g/mol. The van der Waals surface area contributed by atoms with E-state index < -0.39 is 6.10 Å². The van der Waals surface area contributed by atoms with Gasteiger partial charge >= 0.3 is 0 Å². The molecule has 4 rings (SSSR count). The normalized spacial score (nSPS) is 13.7. The van der Waals surface area contributed by atoms with E-state index in [1.807, 2.05) is 36.4 Å². The fraction of sp³-hybridized carbons (Fsp3) is 0.190. The molecule has 120 valence electrons. The van der Waals surface area contributed by atoms with Crippen molar-refractivity contribution in [3.05, 3.63) is 71.8 Å². The SMILES string of the molecule is CC(Oc1ccccc1)C(=O)Nc1ccc2c3c(cccc13)CC2. The lowest BCUT2D eigenvalue weighted by Crippen LogP contribution is -2.30. The van der Waals surface area contributed by atoms with Crippen molar-refractivity contribution in [1.82, 2.24) is 0 Å². The lowest BCUT2D eigenvalue weighted by Gasteiger charge is -2.16. The maximum atomic E-state index is 12.5. The topological polar surface area (TPSA) is 38.3 Å². The Bertz CT molecular complexity index is 892. The summed E-state index contributed by atoms with van der Waals surface area (Å²) in [5.41, 5.74) is 3.59. The first-order valence-corrected chi connectivity index (χ1v) is 8.28. The Hall–Kier alpha value is -2.81. The highest BCUT2D eigenvalue weighted by Crippen LogP contribution is 2.35. The smallest absolute Gasteiger partial charge is 0.265 e. The van der Waals surface area contributed by atoms with Crippen LogP contribution in [0.4, 0.5) is 5.69 Å². The average molecular weight is 317 g/mol. The van der Waals surface area contributed by atoms with Crippen molar-refractivity contribution in [2.24, 2.45) is 0 Å². The zero-order chi connectivity index (χ0) is 16.5. The molecule has 3 heteroatoms. The van der Waals surface area contributed by atoms with Crippen LogP contribution in [0.1, 0.15) is 18.1 Å². The van der Waals surface area contributed by atoms with Crippen LogP contribution < -0.4 is 10.1 Å². The van der Waals surface area contributed by atoms with Crippen LogP contribution in [0, 0.1) is 0 Å². The Labute approximate surface area is 141 Å². The molecule has 0 saturated carbocycles. The molecule has 3 aromatic carbocycles. The van der Waals surface area contributed by atoms with Crippen LogP contribution in [0.2, 0.25) is 0 Å². The molecule has 1 amide bonds. The Balaban J connectivity index is 1.57. The number of carbonyl (C=O) groups is 1. The first kappa shape index (κ1) is 14.8. The van der Waals surface area contributed by atoms with Gasteiger partial charge < -0.3 is 10.1 Å². The number of carbonyl (C=O) groups excluding carboxylic acids is 1. The second kappa shape index (κ2) is 6.00. The highest BCUT2D eigenvalue weighted by atomic mass is 16.5. The summed E-state index contributed by atoms with van der Waals surface area (Å²) in [5.74, 6) is 0.554. The van der Waals surface area contributed by atoms with E-state index in [1.54, 1.807) is 6.92 Å². The minimum atomic E-state index is -0.560. The molecule has 1 N–H and O–H groups in total. The van der Waals surface area contributed by atoms with Crippen LogP contribution in [-0.2, 0) is 17.6 Å². The van der Waals surface area contributed by atoms with Gasteiger partial charge in [0, 0.05) is 11.1 Å². The largest absolute Gasteiger partial charge is 0.481 e. The van der Waals surface area contributed by atoms with Crippen molar-refractivity contribution in [2.75, 3.05) is 5.32 Å². The quantitative estimate of drug-likeness (QED) is 0.777. The molecule has 1 atom stereocenters. The molecule has 0 heterocycles. The lowest BCUT2D eigenvalue weighted by atomic mass is 10.0. The first-order valence-electron chi connectivity index (χ1n) is 8.28.